The van der Waals surface area contributed by atoms with E-state index >= 15 is 0 Å². The van der Waals surface area contributed by atoms with Crippen LogP contribution in [0, 0.1) is 10.1 Å². The van der Waals surface area contributed by atoms with Gasteiger partial charge in [-0.3, -0.25) is 14.9 Å². The van der Waals surface area contributed by atoms with Gasteiger partial charge in [0.15, 0.2) is 11.5 Å². The van der Waals surface area contributed by atoms with Gasteiger partial charge in [0.1, 0.15) is 6.61 Å². The predicted molar refractivity (Wildman–Crippen MR) is 139 cm³/mol. The van der Waals surface area contributed by atoms with Gasteiger partial charge in [0, 0.05) is 12.3 Å². The lowest BCUT2D eigenvalue weighted by Gasteiger charge is -2.19. The van der Waals surface area contributed by atoms with Crippen LogP contribution in [-0.2, 0) is 9.53 Å². The maximum atomic E-state index is 12.7. The number of carboxylic acids is 1. The topological polar surface area (TPSA) is 137 Å². The van der Waals surface area contributed by atoms with Crippen LogP contribution in [0.15, 0.2) is 60.7 Å². The molecule has 0 fully saturated rings. The molecule has 0 radical (unpaired) electrons. The number of nitrogens with zero attached hydrogens (tertiary/aromatic N) is 1. The molecular weight excluding hydrogens is 492 g/mol. The molecule has 1 amide bonds. The van der Waals surface area contributed by atoms with E-state index in [9.17, 15) is 19.7 Å². The van der Waals surface area contributed by atoms with Gasteiger partial charge in [-0.15, -0.1) is 0 Å². The van der Waals surface area contributed by atoms with Crippen LogP contribution in [0.5, 0.6) is 11.5 Å². The maximum Gasteiger partial charge on any atom is 0.407 e. The summed E-state index contributed by atoms with van der Waals surface area (Å²) in [4.78, 5) is 34.7. The number of amides is 1. The van der Waals surface area contributed by atoms with Crippen molar-refractivity contribution in [2.45, 2.75) is 31.7 Å². The van der Waals surface area contributed by atoms with Gasteiger partial charge in [0.25, 0.3) is 5.69 Å². The summed E-state index contributed by atoms with van der Waals surface area (Å²) in [5.74, 6) is -0.741. The Kier molecular flexibility index (Phi) is 8.10. The summed E-state index contributed by atoms with van der Waals surface area (Å²) in [7, 11) is 1.39. The second-order valence-corrected chi connectivity index (χ2v) is 8.86. The highest BCUT2D eigenvalue weighted by atomic mass is 16.6. The average Bonchev–Trinajstić information content (AvgIpc) is 3.23. The first-order valence-electron chi connectivity index (χ1n) is 12.1. The number of methoxy groups -OCH3 is 1. The molecule has 0 spiro atoms. The van der Waals surface area contributed by atoms with Crippen LogP contribution in [0.25, 0.3) is 11.1 Å². The van der Waals surface area contributed by atoms with Crippen LogP contribution in [0.3, 0.4) is 0 Å². The normalized spacial score (nSPS) is 12.7. The van der Waals surface area contributed by atoms with E-state index in [1.54, 1.807) is 6.92 Å². The molecule has 0 aliphatic heterocycles. The number of carbonyl (C=O) groups excluding carboxylic acids is 1. The SMILES string of the molecule is COc1cc([C@H](C)NC(=O)OCC2c3ccccc3-c3ccccc32)c([N+](=O)[O-])cc1OCCCC(=O)O. The van der Waals surface area contributed by atoms with Crippen molar-refractivity contribution in [3.63, 3.8) is 0 Å². The molecule has 0 saturated heterocycles. The smallest absolute Gasteiger partial charge is 0.407 e. The van der Waals surface area contributed by atoms with Crippen molar-refractivity contribution in [2.75, 3.05) is 20.3 Å². The third-order valence-corrected chi connectivity index (χ3v) is 6.45. The molecule has 4 rings (SSSR count). The van der Waals surface area contributed by atoms with E-state index in [0.29, 0.717) is 0 Å². The molecule has 3 aromatic carbocycles. The summed E-state index contributed by atoms with van der Waals surface area (Å²) in [6.45, 7) is 1.77. The summed E-state index contributed by atoms with van der Waals surface area (Å²) in [6, 6.07) is 17.8. The van der Waals surface area contributed by atoms with Gasteiger partial charge in [-0.25, -0.2) is 4.79 Å². The highest BCUT2D eigenvalue weighted by Crippen LogP contribution is 2.44. The predicted octanol–water partition coefficient (Wildman–Crippen LogP) is 5.45. The molecule has 0 aromatic heterocycles. The van der Waals surface area contributed by atoms with Crippen molar-refractivity contribution in [1.82, 2.24) is 5.32 Å². The first-order chi connectivity index (χ1) is 18.3. The van der Waals surface area contributed by atoms with Crippen LogP contribution in [0.4, 0.5) is 10.5 Å². The summed E-state index contributed by atoms with van der Waals surface area (Å²) >= 11 is 0. The van der Waals surface area contributed by atoms with E-state index in [1.807, 2.05) is 48.5 Å². The second kappa shape index (κ2) is 11.6. The first-order valence-corrected chi connectivity index (χ1v) is 12.1. The summed E-state index contributed by atoms with van der Waals surface area (Å²) in [6.07, 6.45) is -0.571. The Morgan fingerprint density at radius 1 is 1.05 bits per heavy atom. The summed E-state index contributed by atoms with van der Waals surface area (Å²) in [5, 5.41) is 23.2. The first kappa shape index (κ1) is 26.5. The number of ether oxygens (including phenoxy) is 3. The lowest BCUT2D eigenvalue weighted by atomic mass is 9.98. The minimum Gasteiger partial charge on any atom is -0.493 e. The monoisotopic (exact) mass is 520 g/mol. The number of alkyl carbamates (subject to hydrolysis) is 1. The number of hydrogen-bond acceptors (Lipinski definition) is 7. The van der Waals surface area contributed by atoms with Gasteiger partial charge in [-0.05, 0) is 41.7 Å². The summed E-state index contributed by atoms with van der Waals surface area (Å²) < 4.78 is 16.4. The zero-order valence-corrected chi connectivity index (χ0v) is 21.0. The second-order valence-electron chi connectivity index (χ2n) is 8.86. The Hall–Kier alpha value is -4.60. The van der Waals surface area contributed by atoms with E-state index in [2.05, 4.69) is 5.32 Å². The largest absolute Gasteiger partial charge is 0.493 e. The Bertz CT molecular complexity index is 1310. The van der Waals surface area contributed by atoms with E-state index < -0.39 is 23.0 Å². The van der Waals surface area contributed by atoms with Gasteiger partial charge in [0.2, 0.25) is 0 Å². The standard InChI is InChI=1S/C28H28N2O8/c1-17(22-14-25(36-2)26(15-24(22)30(34)35)37-13-7-12-27(31)32)29-28(33)38-16-23-20-10-5-3-8-18(20)19-9-4-6-11-21(19)23/h3-6,8-11,14-15,17,23H,7,12-13,16H2,1-2H3,(H,29,33)(H,31,32)/t17-/m0/s1. The average molecular weight is 521 g/mol. The number of benzene rings is 3. The molecular formula is C28H28N2O8. The lowest BCUT2D eigenvalue weighted by Crippen LogP contribution is -2.29. The van der Waals surface area contributed by atoms with E-state index in [1.165, 1.54) is 19.2 Å². The number of rotatable bonds is 11. The Labute approximate surface area is 219 Å². The van der Waals surface area contributed by atoms with Gasteiger partial charge in [0.05, 0.1) is 36.3 Å². The van der Waals surface area contributed by atoms with Crippen molar-refractivity contribution < 1.29 is 33.8 Å². The van der Waals surface area contributed by atoms with Crippen LogP contribution in [0.1, 0.15) is 48.4 Å². The molecule has 1 aliphatic carbocycles. The molecule has 3 aromatic rings. The van der Waals surface area contributed by atoms with E-state index in [4.69, 9.17) is 19.3 Å². The Balaban J connectivity index is 1.45. The molecule has 2 N–H and O–H groups in total. The van der Waals surface area contributed by atoms with Crippen molar-refractivity contribution >= 4 is 17.7 Å². The highest BCUT2D eigenvalue weighted by Gasteiger charge is 2.30. The third kappa shape index (κ3) is 5.69. The van der Waals surface area contributed by atoms with Crippen molar-refractivity contribution in [3.05, 3.63) is 87.5 Å². The van der Waals surface area contributed by atoms with Crippen molar-refractivity contribution in [2.24, 2.45) is 0 Å². The van der Waals surface area contributed by atoms with Gasteiger partial charge in [-0.1, -0.05) is 48.5 Å². The highest BCUT2D eigenvalue weighted by molar-refractivity contribution is 5.79. The van der Waals surface area contributed by atoms with Gasteiger partial charge < -0.3 is 24.6 Å². The van der Waals surface area contributed by atoms with Crippen LogP contribution >= 0.6 is 0 Å². The zero-order valence-electron chi connectivity index (χ0n) is 21.0. The fraction of sp³-hybridized carbons (Fsp3) is 0.286. The van der Waals surface area contributed by atoms with Crippen molar-refractivity contribution in [3.8, 4) is 22.6 Å². The molecule has 1 aliphatic rings. The fourth-order valence-corrected chi connectivity index (χ4v) is 4.64. The Morgan fingerprint density at radius 2 is 1.68 bits per heavy atom. The number of nitro groups is 1. The summed E-state index contributed by atoms with van der Waals surface area (Å²) in [5.41, 5.74) is 4.31. The van der Waals surface area contributed by atoms with Crippen molar-refractivity contribution in [1.29, 1.82) is 0 Å². The maximum absolute atomic E-state index is 12.7. The molecule has 10 heteroatoms. The lowest BCUT2D eigenvalue weighted by molar-refractivity contribution is -0.385. The number of aliphatic carboxylic acids is 1. The molecule has 38 heavy (non-hydrogen) atoms. The van der Waals surface area contributed by atoms with Gasteiger partial charge >= 0.3 is 12.1 Å². The minimum atomic E-state index is -0.963. The number of carboxylic acid groups (broad SMARTS) is 1. The minimum absolute atomic E-state index is 0.0483. The quantitative estimate of drug-likeness (QED) is 0.194. The molecule has 0 heterocycles. The number of hydrogen-bond donors (Lipinski definition) is 2. The Morgan fingerprint density at radius 3 is 2.26 bits per heavy atom. The van der Waals surface area contributed by atoms with E-state index in [0.717, 1.165) is 22.3 Å². The molecule has 0 bridgehead atoms. The molecule has 1 atom stereocenters. The number of fused-ring (bicyclic) bond motifs is 3. The van der Waals surface area contributed by atoms with Gasteiger partial charge in [-0.2, -0.15) is 0 Å². The molecule has 198 valence electrons. The van der Waals surface area contributed by atoms with E-state index in [-0.39, 0.29) is 54.7 Å². The molecule has 0 unspecified atom stereocenters. The zero-order chi connectivity index (χ0) is 27.2. The number of nitro benzene ring substituents is 1. The molecule has 10 nitrogen and oxygen atoms in total. The van der Waals surface area contributed by atoms with Crippen LogP contribution in [-0.4, -0.2) is 42.4 Å². The fourth-order valence-electron chi connectivity index (χ4n) is 4.64. The molecule has 0 saturated carbocycles. The number of nitrogens with one attached hydrogen (secondary N) is 1. The van der Waals surface area contributed by atoms with Crippen LogP contribution < -0.4 is 14.8 Å². The van der Waals surface area contributed by atoms with Crippen LogP contribution in [0.2, 0.25) is 0 Å². The third-order valence-electron chi connectivity index (χ3n) is 6.45. The number of carbonyl (C=O) groups is 2.